The van der Waals surface area contributed by atoms with Crippen molar-refractivity contribution in [2.75, 3.05) is 0 Å². The van der Waals surface area contributed by atoms with Crippen LogP contribution in [0.1, 0.15) is 12.5 Å². The first-order chi connectivity index (χ1) is 9.04. The summed E-state index contributed by atoms with van der Waals surface area (Å²) in [5, 5.41) is 0. The van der Waals surface area contributed by atoms with Gasteiger partial charge in [0.25, 0.3) is 0 Å². The molecular weight excluding hydrogens is 264 g/mol. The van der Waals surface area contributed by atoms with Gasteiger partial charge in [0.15, 0.2) is 0 Å². The van der Waals surface area contributed by atoms with E-state index >= 15 is 0 Å². The Kier molecular flexibility index (Phi) is 4.56. The van der Waals surface area contributed by atoms with Gasteiger partial charge < -0.3 is 5.73 Å². The van der Waals surface area contributed by atoms with E-state index in [9.17, 15) is 8.78 Å². The third-order valence-electron chi connectivity index (χ3n) is 2.60. The van der Waals surface area contributed by atoms with E-state index in [-0.39, 0.29) is 17.7 Å². The molecule has 0 saturated heterocycles. The van der Waals surface area contributed by atoms with E-state index < -0.39 is 0 Å². The van der Waals surface area contributed by atoms with Gasteiger partial charge in [0.1, 0.15) is 11.6 Å². The maximum atomic E-state index is 13.9. The van der Waals surface area contributed by atoms with Crippen molar-refractivity contribution >= 4 is 11.8 Å². The minimum atomic E-state index is -0.294. The Labute approximate surface area is 115 Å². The van der Waals surface area contributed by atoms with Gasteiger partial charge in [-0.15, -0.1) is 0 Å². The second-order valence-corrected chi connectivity index (χ2v) is 5.62. The van der Waals surface area contributed by atoms with Crippen molar-refractivity contribution in [3.05, 3.63) is 59.7 Å². The molecule has 0 radical (unpaired) electrons. The smallest absolute Gasteiger partial charge is 0.137 e. The molecule has 0 aliphatic carbocycles. The SMILES string of the molecule is CC(N)Cc1ccc(Sc2ccc(F)cc2)c(F)c1. The number of nitrogens with two attached hydrogens (primary N) is 1. The molecule has 0 aliphatic rings. The molecule has 0 spiro atoms. The Hall–Kier alpha value is -1.39. The summed E-state index contributed by atoms with van der Waals surface area (Å²) in [6, 6.07) is 11.1. The summed E-state index contributed by atoms with van der Waals surface area (Å²) in [7, 11) is 0. The Bertz CT molecular complexity index is 553. The summed E-state index contributed by atoms with van der Waals surface area (Å²) < 4.78 is 26.7. The fraction of sp³-hybridized carbons (Fsp3) is 0.200. The van der Waals surface area contributed by atoms with Gasteiger partial charge >= 0.3 is 0 Å². The molecule has 0 bridgehead atoms. The van der Waals surface area contributed by atoms with Gasteiger partial charge in [0, 0.05) is 15.8 Å². The molecule has 2 rings (SSSR count). The van der Waals surface area contributed by atoms with E-state index in [2.05, 4.69) is 0 Å². The molecule has 0 heterocycles. The molecule has 1 nitrogen and oxygen atoms in total. The quantitative estimate of drug-likeness (QED) is 0.915. The van der Waals surface area contributed by atoms with E-state index in [0.29, 0.717) is 11.3 Å². The summed E-state index contributed by atoms with van der Waals surface area (Å²) in [5.74, 6) is -0.565. The molecule has 1 unspecified atom stereocenters. The fourth-order valence-electron chi connectivity index (χ4n) is 1.76. The summed E-state index contributed by atoms with van der Waals surface area (Å²) in [4.78, 5) is 1.33. The van der Waals surface area contributed by atoms with Gasteiger partial charge in [-0.2, -0.15) is 0 Å². The zero-order valence-electron chi connectivity index (χ0n) is 10.6. The first-order valence-electron chi connectivity index (χ1n) is 6.02. The minimum absolute atomic E-state index is 0.00926. The second kappa shape index (κ2) is 6.17. The van der Waals surface area contributed by atoms with Crippen molar-refractivity contribution in [1.29, 1.82) is 0 Å². The molecule has 19 heavy (non-hydrogen) atoms. The van der Waals surface area contributed by atoms with Crippen LogP contribution in [0.2, 0.25) is 0 Å². The lowest BCUT2D eigenvalue weighted by Crippen LogP contribution is -2.17. The molecule has 0 amide bonds. The molecule has 4 heteroatoms. The average molecular weight is 279 g/mol. The van der Waals surface area contributed by atoms with Crippen molar-refractivity contribution in [3.8, 4) is 0 Å². The Balaban J connectivity index is 2.15. The van der Waals surface area contributed by atoms with Crippen molar-refractivity contribution < 1.29 is 8.78 Å². The molecule has 100 valence electrons. The lowest BCUT2D eigenvalue weighted by molar-refractivity contribution is 0.597. The predicted molar refractivity (Wildman–Crippen MR) is 74.3 cm³/mol. The van der Waals surface area contributed by atoms with Crippen LogP contribution in [0.25, 0.3) is 0 Å². The van der Waals surface area contributed by atoms with Crippen LogP contribution >= 0.6 is 11.8 Å². The van der Waals surface area contributed by atoms with Gasteiger partial charge in [0.2, 0.25) is 0 Å². The third kappa shape index (κ3) is 4.04. The first-order valence-corrected chi connectivity index (χ1v) is 6.83. The van der Waals surface area contributed by atoms with E-state index in [0.717, 1.165) is 10.5 Å². The van der Waals surface area contributed by atoms with Crippen LogP contribution in [0.5, 0.6) is 0 Å². The summed E-state index contributed by atoms with van der Waals surface area (Å²) in [6.07, 6.45) is 0.651. The summed E-state index contributed by atoms with van der Waals surface area (Å²) in [6.45, 7) is 1.89. The van der Waals surface area contributed by atoms with E-state index in [4.69, 9.17) is 5.73 Å². The van der Waals surface area contributed by atoms with Gasteiger partial charge in [-0.05, 0) is 55.3 Å². The van der Waals surface area contributed by atoms with Crippen LogP contribution in [-0.2, 0) is 6.42 Å². The van der Waals surface area contributed by atoms with Crippen LogP contribution < -0.4 is 5.73 Å². The molecular formula is C15H15F2NS. The Morgan fingerprint density at radius 1 is 1.11 bits per heavy atom. The van der Waals surface area contributed by atoms with Gasteiger partial charge in [-0.25, -0.2) is 8.78 Å². The maximum Gasteiger partial charge on any atom is 0.137 e. The molecule has 1 atom stereocenters. The van der Waals surface area contributed by atoms with Crippen LogP contribution in [0.15, 0.2) is 52.3 Å². The zero-order chi connectivity index (χ0) is 13.8. The predicted octanol–water partition coefficient (Wildman–Crippen LogP) is 4.01. The van der Waals surface area contributed by atoms with Crippen molar-refractivity contribution in [3.63, 3.8) is 0 Å². The largest absolute Gasteiger partial charge is 0.328 e. The number of hydrogen-bond donors (Lipinski definition) is 1. The van der Waals surface area contributed by atoms with E-state index in [1.54, 1.807) is 18.2 Å². The van der Waals surface area contributed by atoms with Crippen LogP contribution in [-0.4, -0.2) is 6.04 Å². The zero-order valence-corrected chi connectivity index (χ0v) is 11.4. The molecule has 0 aliphatic heterocycles. The highest BCUT2D eigenvalue weighted by molar-refractivity contribution is 7.99. The molecule has 2 N–H and O–H groups in total. The summed E-state index contributed by atoms with van der Waals surface area (Å²) in [5.41, 5.74) is 6.57. The first kappa shape index (κ1) is 14.0. The van der Waals surface area contributed by atoms with Crippen LogP contribution in [0.4, 0.5) is 8.78 Å². The average Bonchev–Trinajstić information content (AvgIpc) is 2.34. The Morgan fingerprint density at radius 3 is 2.37 bits per heavy atom. The van der Waals surface area contributed by atoms with Crippen molar-refractivity contribution in [2.24, 2.45) is 5.73 Å². The second-order valence-electron chi connectivity index (χ2n) is 4.50. The van der Waals surface area contributed by atoms with Crippen molar-refractivity contribution in [2.45, 2.75) is 29.2 Å². The van der Waals surface area contributed by atoms with Crippen LogP contribution in [0.3, 0.4) is 0 Å². The normalized spacial score (nSPS) is 12.4. The molecule has 0 saturated carbocycles. The van der Waals surface area contributed by atoms with E-state index in [1.165, 1.54) is 30.0 Å². The van der Waals surface area contributed by atoms with Gasteiger partial charge in [-0.1, -0.05) is 17.8 Å². The minimum Gasteiger partial charge on any atom is -0.328 e. The highest BCUT2D eigenvalue weighted by atomic mass is 32.2. The van der Waals surface area contributed by atoms with Gasteiger partial charge in [0.05, 0.1) is 0 Å². The topological polar surface area (TPSA) is 26.0 Å². The number of halogens is 2. The molecule has 0 fully saturated rings. The standard InChI is InChI=1S/C15H15F2NS/c1-10(18)8-11-2-7-15(14(17)9-11)19-13-5-3-12(16)4-6-13/h2-7,9-10H,8,18H2,1H3. The molecule has 2 aromatic carbocycles. The number of rotatable bonds is 4. The lowest BCUT2D eigenvalue weighted by atomic mass is 10.1. The molecule has 0 aromatic heterocycles. The van der Waals surface area contributed by atoms with Crippen molar-refractivity contribution in [1.82, 2.24) is 0 Å². The van der Waals surface area contributed by atoms with E-state index in [1.807, 2.05) is 13.0 Å². The maximum absolute atomic E-state index is 13.9. The molecule has 2 aromatic rings. The van der Waals surface area contributed by atoms with Crippen LogP contribution in [0, 0.1) is 11.6 Å². The lowest BCUT2D eigenvalue weighted by Gasteiger charge is -2.08. The highest BCUT2D eigenvalue weighted by Gasteiger charge is 2.07. The van der Waals surface area contributed by atoms with Gasteiger partial charge in [-0.3, -0.25) is 0 Å². The third-order valence-corrected chi connectivity index (χ3v) is 3.65. The number of benzene rings is 2. The monoisotopic (exact) mass is 279 g/mol. The Morgan fingerprint density at radius 2 is 1.79 bits per heavy atom. The summed E-state index contributed by atoms with van der Waals surface area (Å²) >= 11 is 1.28. The number of hydrogen-bond acceptors (Lipinski definition) is 2. The fourth-order valence-corrected chi connectivity index (χ4v) is 2.57. The highest BCUT2D eigenvalue weighted by Crippen LogP contribution is 2.30.